The second kappa shape index (κ2) is 8.02. The third kappa shape index (κ3) is 4.17. The Balaban J connectivity index is 1.38. The molecule has 3 aromatic rings. The third-order valence-corrected chi connectivity index (χ3v) is 5.15. The maximum Gasteiger partial charge on any atom is 0.227 e. The van der Waals surface area contributed by atoms with Crippen molar-refractivity contribution in [1.82, 2.24) is 14.9 Å². The van der Waals surface area contributed by atoms with Crippen molar-refractivity contribution in [2.45, 2.75) is 32.2 Å². The molecule has 0 saturated heterocycles. The van der Waals surface area contributed by atoms with Gasteiger partial charge in [0.2, 0.25) is 5.91 Å². The number of hydrogen-bond acceptors (Lipinski definition) is 5. The van der Waals surface area contributed by atoms with E-state index in [9.17, 15) is 9.90 Å². The molecule has 0 radical (unpaired) electrons. The molecule has 1 amide bonds. The van der Waals surface area contributed by atoms with Crippen LogP contribution >= 0.6 is 11.6 Å². The Labute approximate surface area is 167 Å². The topological polar surface area (TPSA) is 79.5 Å². The molecule has 1 aliphatic heterocycles. The van der Waals surface area contributed by atoms with E-state index < -0.39 is 0 Å². The molecule has 0 spiro atoms. The number of benzene rings is 1. The highest BCUT2D eigenvalue weighted by Crippen LogP contribution is 2.25. The number of aryl methyl sites for hydroxylation is 2. The van der Waals surface area contributed by atoms with E-state index in [1.165, 1.54) is 6.07 Å². The van der Waals surface area contributed by atoms with Crippen molar-refractivity contribution in [3.05, 3.63) is 76.2 Å². The van der Waals surface area contributed by atoms with Crippen molar-refractivity contribution >= 4 is 17.5 Å². The first kappa shape index (κ1) is 18.5. The number of aromatic hydroxyl groups is 1. The first-order chi connectivity index (χ1) is 13.6. The van der Waals surface area contributed by atoms with Crippen molar-refractivity contribution in [3.8, 4) is 5.75 Å². The fourth-order valence-electron chi connectivity index (χ4n) is 3.32. The Bertz CT molecular complexity index is 988. The summed E-state index contributed by atoms with van der Waals surface area (Å²) < 4.78 is 5.89. The number of carbonyl (C=O) groups is 1. The van der Waals surface area contributed by atoms with Gasteiger partial charge in [0.15, 0.2) is 5.89 Å². The Morgan fingerprint density at radius 2 is 2.14 bits per heavy atom. The Hall–Kier alpha value is -2.86. The minimum absolute atomic E-state index is 0.00677. The van der Waals surface area contributed by atoms with Gasteiger partial charge in [-0.3, -0.25) is 9.78 Å². The van der Waals surface area contributed by atoms with Crippen molar-refractivity contribution in [3.63, 3.8) is 0 Å². The van der Waals surface area contributed by atoms with Crippen molar-refractivity contribution < 1.29 is 14.3 Å². The van der Waals surface area contributed by atoms with Crippen LogP contribution in [0.15, 0.2) is 47.1 Å². The van der Waals surface area contributed by atoms with Crippen LogP contribution in [0, 0.1) is 0 Å². The summed E-state index contributed by atoms with van der Waals surface area (Å²) in [5.74, 6) is 1.60. The van der Waals surface area contributed by atoms with Crippen LogP contribution in [0.2, 0.25) is 5.02 Å². The largest absolute Gasteiger partial charge is 0.506 e. The molecule has 0 fully saturated rings. The van der Waals surface area contributed by atoms with E-state index >= 15 is 0 Å². The monoisotopic (exact) mass is 397 g/mol. The molecule has 1 aromatic carbocycles. The molecule has 0 saturated carbocycles. The van der Waals surface area contributed by atoms with Crippen LogP contribution < -0.4 is 0 Å². The van der Waals surface area contributed by atoms with E-state index in [4.69, 9.17) is 16.0 Å². The fourth-order valence-corrected chi connectivity index (χ4v) is 3.52. The zero-order chi connectivity index (χ0) is 19.5. The van der Waals surface area contributed by atoms with Crippen molar-refractivity contribution in [1.29, 1.82) is 0 Å². The molecule has 144 valence electrons. The number of aromatic nitrogens is 2. The Morgan fingerprint density at radius 1 is 1.25 bits per heavy atom. The summed E-state index contributed by atoms with van der Waals surface area (Å²) in [6, 6.07) is 8.79. The van der Waals surface area contributed by atoms with Gasteiger partial charge < -0.3 is 14.4 Å². The molecule has 4 rings (SSSR count). The lowest BCUT2D eigenvalue weighted by molar-refractivity contribution is -0.131. The van der Waals surface area contributed by atoms with E-state index in [1.54, 1.807) is 23.2 Å². The summed E-state index contributed by atoms with van der Waals surface area (Å²) in [6.45, 7) is 1.06. The number of hydrogen-bond donors (Lipinski definition) is 1. The number of pyridine rings is 1. The molecule has 0 atom stereocenters. The molecule has 6 nitrogen and oxygen atoms in total. The molecule has 0 unspecified atom stereocenters. The average Bonchev–Trinajstić information content (AvgIpc) is 3.12. The number of amides is 1. The van der Waals surface area contributed by atoms with Crippen LogP contribution in [0.5, 0.6) is 5.75 Å². The highest BCUT2D eigenvalue weighted by Gasteiger charge is 2.25. The third-order valence-electron chi connectivity index (χ3n) is 4.84. The predicted octanol–water partition coefficient (Wildman–Crippen LogP) is 3.34. The Morgan fingerprint density at radius 3 is 2.93 bits per heavy atom. The maximum absolute atomic E-state index is 12.6. The van der Waals surface area contributed by atoms with E-state index in [-0.39, 0.29) is 23.1 Å². The standard InChI is InChI=1S/C21H20ClN3O3/c22-16-10-15(3-5-18(16)26)11-21(27)25-9-7-19-17(13-25)24-20(28-19)6-4-14-2-1-8-23-12-14/h1-3,5,8,10,12,26H,4,6-7,9,11,13H2. The summed E-state index contributed by atoms with van der Waals surface area (Å²) in [5, 5.41) is 9.76. The lowest BCUT2D eigenvalue weighted by atomic mass is 10.1. The van der Waals surface area contributed by atoms with Crippen LogP contribution in [0.25, 0.3) is 0 Å². The minimum Gasteiger partial charge on any atom is -0.506 e. The zero-order valence-electron chi connectivity index (χ0n) is 15.3. The molecular formula is C21H20ClN3O3. The maximum atomic E-state index is 12.6. The summed E-state index contributed by atoms with van der Waals surface area (Å²) in [6.07, 6.45) is 6.03. The second-order valence-corrected chi connectivity index (χ2v) is 7.27. The summed E-state index contributed by atoms with van der Waals surface area (Å²) in [5.41, 5.74) is 2.75. The molecule has 0 aliphatic carbocycles. The Kier molecular flexibility index (Phi) is 5.30. The van der Waals surface area contributed by atoms with Gasteiger partial charge in [0, 0.05) is 31.8 Å². The molecule has 0 bridgehead atoms. The van der Waals surface area contributed by atoms with Crippen molar-refractivity contribution in [2.24, 2.45) is 0 Å². The predicted molar refractivity (Wildman–Crippen MR) is 104 cm³/mol. The number of fused-ring (bicyclic) bond motifs is 1. The van der Waals surface area contributed by atoms with Gasteiger partial charge in [-0.2, -0.15) is 0 Å². The van der Waals surface area contributed by atoms with Gasteiger partial charge in [-0.15, -0.1) is 0 Å². The molecule has 7 heteroatoms. The van der Waals surface area contributed by atoms with E-state index in [0.717, 1.165) is 29.0 Å². The van der Waals surface area contributed by atoms with E-state index in [2.05, 4.69) is 9.97 Å². The van der Waals surface area contributed by atoms with Crippen LogP contribution in [0.1, 0.15) is 28.5 Å². The number of nitrogens with zero attached hydrogens (tertiary/aromatic N) is 3. The van der Waals surface area contributed by atoms with Crippen LogP contribution in [0.3, 0.4) is 0 Å². The van der Waals surface area contributed by atoms with Gasteiger partial charge in [-0.25, -0.2) is 4.98 Å². The number of phenols is 1. The zero-order valence-corrected chi connectivity index (χ0v) is 16.0. The van der Waals surface area contributed by atoms with Crippen LogP contribution in [0.4, 0.5) is 0 Å². The molecule has 1 N–H and O–H groups in total. The average molecular weight is 398 g/mol. The van der Waals surface area contributed by atoms with E-state index in [1.807, 2.05) is 18.3 Å². The first-order valence-corrected chi connectivity index (χ1v) is 9.58. The minimum atomic E-state index is 0.00677. The summed E-state index contributed by atoms with van der Waals surface area (Å²) >= 11 is 5.93. The van der Waals surface area contributed by atoms with Gasteiger partial charge >= 0.3 is 0 Å². The number of phenolic OH excluding ortho intramolecular Hbond substituents is 1. The van der Waals surface area contributed by atoms with Gasteiger partial charge in [0.25, 0.3) is 0 Å². The number of carbonyl (C=O) groups excluding carboxylic acids is 1. The number of halogens is 1. The quantitative estimate of drug-likeness (QED) is 0.714. The molecular weight excluding hydrogens is 378 g/mol. The second-order valence-electron chi connectivity index (χ2n) is 6.87. The lowest BCUT2D eigenvalue weighted by Crippen LogP contribution is -2.36. The highest BCUT2D eigenvalue weighted by atomic mass is 35.5. The molecule has 2 aromatic heterocycles. The smallest absolute Gasteiger partial charge is 0.227 e. The summed E-state index contributed by atoms with van der Waals surface area (Å²) in [4.78, 5) is 23.1. The summed E-state index contributed by atoms with van der Waals surface area (Å²) in [7, 11) is 0. The number of rotatable bonds is 5. The van der Waals surface area contributed by atoms with Gasteiger partial charge in [0.1, 0.15) is 17.2 Å². The molecule has 1 aliphatic rings. The normalized spacial score (nSPS) is 13.4. The molecule has 3 heterocycles. The van der Waals surface area contributed by atoms with Gasteiger partial charge in [0.05, 0.1) is 18.0 Å². The van der Waals surface area contributed by atoms with Gasteiger partial charge in [-0.1, -0.05) is 23.7 Å². The SMILES string of the molecule is O=C(Cc1ccc(O)c(Cl)c1)N1CCc2oc(CCc3cccnc3)nc2C1. The molecule has 28 heavy (non-hydrogen) atoms. The van der Waals surface area contributed by atoms with Crippen molar-refractivity contribution in [2.75, 3.05) is 6.54 Å². The van der Waals surface area contributed by atoms with Crippen LogP contribution in [-0.4, -0.2) is 32.4 Å². The number of oxazole rings is 1. The lowest BCUT2D eigenvalue weighted by Gasteiger charge is -2.25. The van der Waals surface area contributed by atoms with E-state index in [0.29, 0.717) is 31.8 Å². The first-order valence-electron chi connectivity index (χ1n) is 9.20. The van der Waals surface area contributed by atoms with Crippen LogP contribution in [-0.2, 0) is 37.0 Å². The van der Waals surface area contributed by atoms with Gasteiger partial charge in [-0.05, 0) is 35.7 Å². The fraction of sp³-hybridized carbons (Fsp3) is 0.286. The highest BCUT2D eigenvalue weighted by molar-refractivity contribution is 6.32.